The van der Waals surface area contributed by atoms with Crippen molar-refractivity contribution in [1.29, 1.82) is 0 Å². The van der Waals surface area contributed by atoms with Crippen molar-refractivity contribution < 1.29 is 17.6 Å². The van der Waals surface area contributed by atoms with Crippen LogP contribution in [0.1, 0.15) is 37.2 Å². The fourth-order valence-corrected chi connectivity index (χ4v) is 5.71. The van der Waals surface area contributed by atoms with Crippen LogP contribution in [0, 0.1) is 5.82 Å². The smallest absolute Gasteiger partial charge is 0.239 e. The maximum atomic E-state index is 13.8. The van der Waals surface area contributed by atoms with Crippen LogP contribution in [0.4, 0.5) is 10.1 Å². The number of halogens is 1. The first-order valence-electron chi connectivity index (χ1n) is 11.5. The number of hydrogen-bond acceptors (Lipinski definition) is 4. The van der Waals surface area contributed by atoms with Gasteiger partial charge in [-0.2, -0.15) is 0 Å². The second-order valence-corrected chi connectivity index (χ2v) is 10.5. The average molecular weight is 494 g/mol. The van der Waals surface area contributed by atoms with Gasteiger partial charge in [0.25, 0.3) is 0 Å². The number of ketones is 1. The first kappa shape index (κ1) is 24.6. The van der Waals surface area contributed by atoms with Gasteiger partial charge >= 0.3 is 0 Å². The van der Waals surface area contributed by atoms with Crippen LogP contribution in [-0.2, 0) is 40.1 Å². The number of aryl methyl sites for hydroxylation is 1. The Hall–Kier alpha value is -3.52. The molecule has 0 bridgehead atoms. The van der Waals surface area contributed by atoms with Gasteiger partial charge in [0.2, 0.25) is 10.0 Å². The molecule has 0 radical (unpaired) electrons. The summed E-state index contributed by atoms with van der Waals surface area (Å²) < 4.78 is 44.2. The predicted molar refractivity (Wildman–Crippen MR) is 136 cm³/mol. The van der Waals surface area contributed by atoms with Crippen molar-refractivity contribution in [3.05, 3.63) is 95.6 Å². The van der Waals surface area contributed by atoms with Gasteiger partial charge < -0.3 is 4.57 Å². The second-order valence-electron chi connectivity index (χ2n) is 8.59. The lowest BCUT2D eigenvalue weighted by atomic mass is 10.2. The third kappa shape index (κ3) is 5.59. The van der Waals surface area contributed by atoms with E-state index in [9.17, 15) is 17.6 Å². The number of sulfonamides is 1. The minimum absolute atomic E-state index is 0.00266. The SMILES string of the molecule is CCCc1nc2c(N(Cc3ccccc3)S(=O)(=O)Cc3ccc(F)cc3)cccc2n1CC(C)=O. The number of fused-ring (bicyclic) bond motifs is 1. The molecule has 0 aliphatic heterocycles. The summed E-state index contributed by atoms with van der Waals surface area (Å²) in [6.07, 6.45) is 1.51. The quantitative estimate of drug-likeness (QED) is 0.302. The molecule has 3 aromatic carbocycles. The normalized spacial score (nSPS) is 11.6. The Balaban J connectivity index is 1.86. The molecule has 0 spiro atoms. The molecule has 0 saturated carbocycles. The van der Waals surface area contributed by atoms with Gasteiger partial charge in [-0.3, -0.25) is 9.10 Å². The molecular weight excluding hydrogens is 465 g/mol. The lowest BCUT2D eigenvalue weighted by Crippen LogP contribution is -2.32. The molecule has 8 heteroatoms. The van der Waals surface area contributed by atoms with Gasteiger partial charge in [-0.25, -0.2) is 17.8 Å². The highest BCUT2D eigenvalue weighted by Crippen LogP contribution is 2.32. The van der Waals surface area contributed by atoms with Gasteiger partial charge in [-0.1, -0.05) is 55.5 Å². The van der Waals surface area contributed by atoms with Crippen molar-refractivity contribution in [1.82, 2.24) is 9.55 Å². The van der Waals surface area contributed by atoms with Gasteiger partial charge in [-0.05, 0) is 48.7 Å². The Morgan fingerprint density at radius 1 is 0.971 bits per heavy atom. The summed E-state index contributed by atoms with van der Waals surface area (Å²) in [5.41, 5.74) is 3.02. The number of aromatic nitrogens is 2. The molecule has 0 unspecified atom stereocenters. The Morgan fingerprint density at radius 3 is 2.34 bits per heavy atom. The van der Waals surface area contributed by atoms with Crippen LogP contribution in [0.5, 0.6) is 0 Å². The van der Waals surface area contributed by atoms with Gasteiger partial charge in [0.1, 0.15) is 22.9 Å². The summed E-state index contributed by atoms with van der Waals surface area (Å²) in [5, 5.41) is 0. The fraction of sp³-hybridized carbons (Fsp3) is 0.259. The molecule has 1 heterocycles. The largest absolute Gasteiger partial charge is 0.320 e. The molecule has 0 N–H and O–H groups in total. The molecule has 0 aliphatic rings. The molecule has 0 aliphatic carbocycles. The number of anilines is 1. The van der Waals surface area contributed by atoms with Crippen LogP contribution in [0.15, 0.2) is 72.8 Å². The number of Topliss-reactive ketones (excluding diaryl/α,β-unsaturated/α-hetero) is 1. The number of imidazole rings is 1. The maximum absolute atomic E-state index is 13.8. The van der Waals surface area contributed by atoms with Crippen molar-refractivity contribution in [2.75, 3.05) is 4.31 Å². The summed E-state index contributed by atoms with van der Waals surface area (Å²) >= 11 is 0. The highest BCUT2D eigenvalue weighted by Gasteiger charge is 2.27. The number of para-hydroxylation sites is 1. The van der Waals surface area contributed by atoms with Crippen LogP contribution >= 0.6 is 0 Å². The fourth-order valence-electron chi connectivity index (χ4n) is 4.15. The van der Waals surface area contributed by atoms with Crippen LogP contribution < -0.4 is 4.31 Å². The molecule has 4 rings (SSSR count). The Bertz CT molecular complexity index is 1430. The number of benzene rings is 3. The number of hydrogen-bond donors (Lipinski definition) is 0. The molecule has 0 atom stereocenters. The average Bonchev–Trinajstić information content (AvgIpc) is 3.16. The molecular formula is C27H28FN3O3S. The summed E-state index contributed by atoms with van der Waals surface area (Å²) in [6.45, 7) is 3.86. The van der Waals surface area contributed by atoms with Gasteiger partial charge in [0.05, 0.1) is 30.0 Å². The monoisotopic (exact) mass is 493 g/mol. The third-order valence-corrected chi connectivity index (χ3v) is 7.42. The van der Waals surface area contributed by atoms with Crippen LogP contribution in [0.25, 0.3) is 11.0 Å². The predicted octanol–water partition coefficient (Wildman–Crippen LogP) is 5.25. The number of nitrogens with zero attached hydrogens (tertiary/aromatic N) is 3. The number of carbonyl (C=O) groups is 1. The molecule has 182 valence electrons. The second kappa shape index (κ2) is 10.4. The van der Waals surface area contributed by atoms with Gasteiger partial charge in [0.15, 0.2) is 0 Å². The first-order chi connectivity index (χ1) is 16.8. The molecule has 6 nitrogen and oxygen atoms in total. The van der Waals surface area contributed by atoms with Crippen molar-refractivity contribution in [2.24, 2.45) is 0 Å². The van der Waals surface area contributed by atoms with E-state index in [1.54, 1.807) is 12.1 Å². The molecule has 35 heavy (non-hydrogen) atoms. The Morgan fingerprint density at radius 2 is 1.69 bits per heavy atom. The topological polar surface area (TPSA) is 72.3 Å². The Kier molecular flexibility index (Phi) is 7.31. The number of rotatable bonds is 10. The molecule has 0 amide bonds. The molecule has 1 aromatic heterocycles. The minimum atomic E-state index is -3.88. The van der Waals surface area contributed by atoms with Crippen LogP contribution in [0.2, 0.25) is 0 Å². The highest BCUT2D eigenvalue weighted by atomic mass is 32.2. The van der Waals surface area contributed by atoms with E-state index in [-0.39, 0.29) is 24.6 Å². The van der Waals surface area contributed by atoms with E-state index < -0.39 is 15.8 Å². The standard InChI is InChI=1S/C27H28FN3O3S/c1-3-8-26-29-27-24(30(26)17-20(2)32)11-7-12-25(27)31(18-21-9-5-4-6-10-21)35(33,34)19-22-13-15-23(28)16-14-22/h4-7,9-16H,3,8,17-19H2,1-2H3. The lowest BCUT2D eigenvalue weighted by molar-refractivity contribution is -0.117. The van der Waals surface area contributed by atoms with Crippen molar-refractivity contribution >= 4 is 32.5 Å². The summed E-state index contributed by atoms with van der Waals surface area (Å²) in [4.78, 5) is 16.8. The van der Waals surface area contributed by atoms with Crippen molar-refractivity contribution in [3.63, 3.8) is 0 Å². The molecule has 0 saturated heterocycles. The zero-order chi connectivity index (χ0) is 25.0. The van der Waals surface area contributed by atoms with E-state index in [2.05, 4.69) is 0 Å². The molecule has 4 aromatic rings. The summed E-state index contributed by atoms with van der Waals surface area (Å²) in [6, 6.07) is 20.2. The van der Waals surface area contributed by atoms with E-state index >= 15 is 0 Å². The first-order valence-corrected chi connectivity index (χ1v) is 13.2. The number of carbonyl (C=O) groups excluding carboxylic acids is 1. The van der Waals surface area contributed by atoms with Crippen LogP contribution in [-0.4, -0.2) is 23.8 Å². The molecule has 0 fully saturated rings. The van der Waals surface area contributed by atoms with Crippen molar-refractivity contribution in [2.45, 2.75) is 45.5 Å². The van der Waals surface area contributed by atoms with Crippen LogP contribution in [0.3, 0.4) is 0 Å². The zero-order valence-corrected chi connectivity index (χ0v) is 20.6. The van der Waals surface area contributed by atoms with E-state index in [1.165, 1.54) is 35.5 Å². The highest BCUT2D eigenvalue weighted by molar-refractivity contribution is 7.92. The van der Waals surface area contributed by atoms with Gasteiger partial charge in [0, 0.05) is 6.42 Å². The van der Waals surface area contributed by atoms with E-state index in [0.717, 1.165) is 23.3 Å². The zero-order valence-electron chi connectivity index (χ0n) is 19.8. The third-order valence-electron chi connectivity index (χ3n) is 5.73. The Labute approximate surface area is 205 Å². The van der Waals surface area contributed by atoms with E-state index in [4.69, 9.17) is 4.98 Å². The lowest BCUT2D eigenvalue weighted by Gasteiger charge is -2.25. The van der Waals surface area contributed by atoms with E-state index in [0.29, 0.717) is 23.2 Å². The van der Waals surface area contributed by atoms with Gasteiger partial charge in [-0.15, -0.1) is 0 Å². The summed E-state index contributed by atoms with van der Waals surface area (Å²) in [7, 11) is -3.88. The summed E-state index contributed by atoms with van der Waals surface area (Å²) in [5.74, 6) is 0.0429. The van der Waals surface area contributed by atoms with E-state index in [1.807, 2.05) is 47.9 Å². The van der Waals surface area contributed by atoms with Crippen molar-refractivity contribution in [3.8, 4) is 0 Å². The maximum Gasteiger partial charge on any atom is 0.239 e. The minimum Gasteiger partial charge on any atom is -0.320 e.